The molecule has 1 unspecified atom stereocenters. The van der Waals surface area contributed by atoms with E-state index in [2.05, 4.69) is 60.3 Å². The number of hydrogen-bond acceptors (Lipinski definition) is 6. The van der Waals surface area contributed by atoms with Crippen LogP contribution in [0.2, 0.25) is 0 Å². The highest BCUT2D eigenvalue weighted by molar-refractivity contribution is 9.10. The largest absolute Gasteiger partial charge is 0.275 e. The van der Waals surface area contributed by atoms with E-state index < -0.39 is 0 Å². The van der Waals surface area contributed by atoms with Crippen molar-refractivity contribution in [3.63, 3.8) is 0 Å². The van der Waals surface area contributed by atoms with E-state index in [9.17, 15) is 0 Å². The molecule has 8 nitrogen and oxygen atoms in total. The molecule has 0 aliphatic heterocycles. The van der Waals surface area contributed by atoms with Crippen LogP contribution in [0.25, 0.3) is 28.3 Å². The van der Waals surface area contributed by atoms with Gasteiger partial charge in [-0.05, 0) is 39.7 Å². The standard InChI is InChI=1S/C21H17BrN8/c1-13(14-4-3-5-15(8-14)20-23-10-17(22)11-24-20)21-27-26-19-7-6-18(28-30(19)21)16-9-25-29(2)12-16/h3-13H,1-2H3. The molecule has 0 N–H and O–H groups in total. The summed E-state index contributed by atoms with van der Waals surface area (Å²) in [7, 11) is 1.89. The number of fused-ring (bicyclic) bond motifs is 1. The zero-order valence-corrected chi connectivity index (χ0v) is 17.9. The number of aryl methyl sites for hydroxylation is 1. The summed E-state index contributed by atoms with van der Waals surface area (Å²) < 4.78 is 4.41. The summed E-state index contributed by atoms with van der Waals surface area (Å²) in [6, 6.07) is 12.0. The topological polar surface area (TPSA) is 86.7 Å². The Morgan fingerprint density at radius 2 is 1.80 bits per heavy atom. The van der Waals surface area contributed by atoms with Crippen molar-refractivity contribution in [2.45, 2.75) is 12.8 Å². The summed E-state index contributed by atoms with van der Waals surface area (Å²) in [5.74, 6) is 1.42. The van der Waals surface area contributed by atoms with Gasteiger partial charge in [-0.3, -0.25) is 4.68 Å². The number of nitrogens with zero attached hydrogens (tertiary/aromatic N) is 8. The van der Waals surface area contributed by atoms with Gasteiger partial charge in [0.25, 0.3) is 0 Å². The van der Waals surface area contributed by atoms with Crippen molar-refractivity contribution >= 4 is 21.6 Å². The van der Waals surface area contributed by atoms with Crippen molar-refractivity contribution in [1.82, 2.24) is 39.6 Å². The second-order valence-electron chi connectivity index (χ2n) is 7.02. The molecule has 0 aliphatic rings. The molecule has 5 rings (SSSR count). The van der Waals surface area contributed by atoms with Crippen molar-refractivity contribution in [3.8, 4) is 22.6 Å². The number of hydrogen-bond donors (Lipinski definition) is 0. The first kappa shape index (κ1) is 18.6. The van der Waals surface area contributed by atoms with E-state index in [-0.39, 0.29) is 5.92 Å². The van der Waals surface area contributed by atoms with Gasteiger partial charge in [0.05, 0.1) is 16.4 Å². The van der Waals surface area contributed by atoms with E-state index in [1.807, 2.05) is 37.5 Å². The Labute approximate surface area is 180 Å². The molecule has 9 heteroatoms. The monoisotopic (exact) mass is 460 g/mol. The van der Waals surface area contributed by atoms with Gasteiger partial charge in [0.1, 0.15) is 0 Å². The number of halogens is 1. The lowest BCUT2D eigenvalue weighted by atomic mass is 9.98. The molecule has 30 heavy (non-hydrogen) atoms. The molecule has 0 bridgehead atoms. The van der Waals surface area contributed by atoms with Crippen LogP contribution in [0.15, 0.2) is 65.7 Å². The third kappa shape index (κ3) is 3.37. The Bertz CT molecular complexity index is 1340. The first-order chi connectivity index (χ1) is 14.6. The summed E-state index contributed by atoms with van der Waals surface area (Å²) in [6.45, 7) is 2.09. The predicted molar refractivity (Wildman–Crippen MR) is 116 cm³/mol. The van der Waals surface area contributed by atoms with Crippen LogP contribution in [0.3, 0.4) is 0 Å². The Morgan fingerprint density at radius 1 is 0.967 bits per heavy atom. The minimum absolute atomic E-state index is 0.0213. The normalized spacial score (nSPS) is 12.4. The van der Waals surface area contributed by atoms with Crippen molar-refractivity contribution in [1.29, 1.82) is 0 Å². The molecule has 0 fully saturated rings. The Balaban J connectivity index is 1.54. The maximum Gasteiger partial charge on any atom is 0.177 e. The highest BCUT2D eigenvalue weighted by atomic mass is 79.9. The second kappa shape index (κ2) is 7.42. The zero-order chi connectivity index (χ0) is 20.7. The van der Waals surface area contributed by atoms with Crippen molar-refractivity contribution in [2.75, 3.05) is 0 Å². The third-order valence-corrected chi connectivity index (χ3v) is 5.35. The lowest BCUT2D eigenvalue weighted by Gasteiger charge is -2.11. The van der Waals surface area contributed by atoms with E-state index in [0.717, 1.165) is 32.7 Å². The van der Waals surface area contributed by atoms with Crippen LogP contribution < -0.4 is 0 Å². The SMILES string of the molecule is CC(c1cccc(-c2ncc(Br)cn2)c1)c1nnc2ccc(-c3cnn(C)c3)nn12. The van der Waals surface area contributed by atoms with Crippen LogP contribution in [0.1, 0.15) is 24.2 Å². The molecule has 4 aromatic heterocycles. The van der Waals surface area contributed by atoms with Crippen LogP contribution in [-0.2, 0) is 7.05 Å². The molecule has 0 spiro atoms. The van der Waals surface area contributed by atoms with Gasteiger partial charge >= 0.3 is 0 Å². The van der Waals surface area contributed by atoms with Gasteiger partial charge in [0.15, 0.2) is 17.3 Å². The van der Waals surface area contributed by atoms with Gasteiger partial charge in [-0.25, -0.2) is 9.97 Å². The van der Waals surface area contributed by atoms with E-state index in [1.54, 1.807) is 27.8 Å². The molecule has 4 heterocycles. The molecular formula is C21H17BrN8. The van der Waals surface area contributed by atoms with Crippen molar-refractivity contribution < 1.29 is 0 Å². The summed E-state index contributed by atoms with van der Waals surface area (Å²) in [6.07, 6.45) is 7.22. The van der Waals surface area contributed by atoms with Crippen LogP contribution in [-0.4, -0.2) is 39.6 Å². The average molecular weight is 461 g/mol. The van der Waals surface area contributed by atoms with Crippen LogP contribution >= 0.6 is 15.9 Å². The molecular weight excluding hydrogens is 444 g/mol. The summed E-state index contributed by atoms with van der Waals surface area (Å²) in [5.41, 5.74) is 4.51. The quantitative estimate of drug-likeness (QED) is 0.404. The fourth-order valence-corrected chi connectivity index (χ4v) is 3.55. The molecule has 0 saturated heterocycles. The highest BCUT2D eigenvalue weighted by Gasteiger charge is 2.18. The maximum atomic E-state index is 4.76. The fourth-order valence-electron chi connectivity index (χ4n) is 3.34. The van der Waals surface area contributed by atoms with E-state index in [1.165, 1.54) is 0 Å². The van der Waals surface area contributed by atoms with Crippen molar-refractivity contribution in [3.05, 3.63) is 77.0 Å². The van der Waals surface area contributed by atoms with Crippen LogP contribution in [0, 0.1) is 0 Å². The maximum absolute atomic E-state index is 4.76. The molecule has 5 aromatic rings. The second-order valence-corrected chi connectivity index (χ2v) is 7.94. The molecule has 0 radical (unpaired) electrons. The van der Waals surface area contributed by atoms with E-state index in [0.29, 0.717) is 11.5 Å². The fraction of sp³-hybridized carbons (Fsp3) is 0.143. The Hall–Kier alpha value is -3.46. The van der Waals surface area contributed by atoms with Gasteiger partial charge in [-0.2, -0.15) is 14.7 Å². The number of rotatable bonds is 4. The molecule has 0 aliphatic carbocycles. The zero-order valence-electron chi connectivity index (χ0n) is 16.3. The predicted octanol–water partition coefficient (Wildman–Crippen LogP) is 3.90. The van der Waals surface area contributed by atoms with Gasteiger partial charge < -0.3 is 0 Å². The summed E-state index contributed by atoms with van der Waals surface area (Å²) in [5, 5.41) is 17.7. The molecule has 1 atom stereocenters. The Morgan fingerprint density at radius 3 is 2.57 bits per heavy atom. The molecule has 148 valence electrons. The lowest BCUT2D eigenvalue weighted by Crippen LogP contribution is -2.06. The van der Waals surface area contributed by atoms with Gasteiger partial charge in [-0.1, -0.05) is 25.1 Å². The molecule has 0 amide bonds. The average Bonchev–Trinajstić information content (AvgIpc) is 3.39. The first-order valence-electron chi connectivity index (χ1n) is 9.38. The van der Waals surface area contributed by atoms with Gasteiger partial charge in [0.2, 0.25) is 0 Å². The Kier molecular flexibility index (Phi) is 4.59. The highest BCUT2D eigenvalue weighted by Crippen LogP contribution is 2.27. The van der Waals surface area contributed by atoms with Crippen molar-refractivity contribution in [2.24, 2.45) is 7.05 Å². The smallest absolute Gasteiger partial charge is 0.177 e. The third-order valence-electron chi connectivity index (χ3n) is 4.94. The first-order valence-corrected chi connectivity index (χ1v) is 10.2. The van der Waals surface area contributed by atoms with E-state index in [4.69, 9.17) is 5.10 Å². The van der Waals surface area contributed by atoms with E-state index >= 15 is 0 Å². The summed E-state index contributed by atoms with van der Waals surface area (Å²) in [4.78, 5) is 8.79. The summed E-state index contributed by atoms with van der Waals surface area (Å²) >= 11 is 3.37. The number of benzene rings is 1. The van der Waals surface area contributed by atoms with Gasteiger partial charge in [0, 0.05) is 42.7 Å². The number of aromatic nitrogens is 8. The molecule has 1 aromatic carbocycles. The van der Waals surface area contributed by atoms with Gasteiger partial charge in [-0.15, -0.1) is 10.2 Å². The van der Waals surface area contributed by atoms with Crippen LogP contribution in [0.5, 0.6) is 0 Å². The lowest BCUT2D eigenvalue weighted by molar-refractivity contribution is 0.752. The molecule has 0 saturated carbocycles. The minimum atomic E-state index is -0.0213. The minimum Gasteiger partial charge on any atom is -0.275 e. The van der Waals surface area contributed by atoms with Crippen LogP contribution in [0.4, 0.5) is 0 Å².